The van der Waals surface area contributed by atoms with Crippen molar-refractivity contribution in [3.8, 4) is 0 Å². The van der Waals surface area contributed by atoms with Crippen LogP contribution in [-0.2, 0) is 15.4 Å². The van der Waals surface area contributed by atoms with E-state index in [0.29, 0.717) is 5.92 Å². The summed E-state index contributed by atoms with van der Waals surface area (Å²) in [5.41, 5.74) is 2.71. The minimum absolute atomic E-state index is 0.0351. The summed E-state index contributed by atoms with van der Waals surface area (Å²) in [7, 11) is -3.20. The molecule has 1 unspecified atom stereocenters. The van der Waals surface area contributed by atoms with Crippen LogP contribution in [0.3, 0.4) is 0 Å². The van der Waals surface area contributed by atoms with Crippen molar-refractivity contribution in [2.45, 2.75) is 76.5 Å². The fourth-order valence-electron chi connectivity index (χ4n) is 3.08. The van der Waals surface area contributed by atoms with Gasteiger partial charge in [0.05, 0.1) is 5.25 Å². The van der Waals surface area contributed by atoms with Crippen molar-refractivity contribution < 1.29 is 8.42 Å². The maximum Gasteiger partial charge on any atom is 0.214 e. The van der Waals surface area contributed by atoms with Crippen molar-refractivity contribution >= 4 is 10.0 Å². The second kappa shape index (κ2) is 6.32. The van der Waals surface area contributed by atoms with Gasteiger partial charge in [-0.2, -0.15) is 0 Å². The van der Waals surface area contributed by atoms with E-state index in [4.69, 9.17) is 0 Å². The van der Waals surface area contributed by atoms with Gasteiger partial charge in [-0.15, -0.1) is 0 Å². The van der Waals surface area contributed by atoms with E-state index in [1.807, 2.05) is 0 Å². The van der Waals surface area contributed by atoms with Gasteiger partial charge >= 0.3 is 0 Å². The van der Waals surface area contributed by atoms with Gasteiger partial charge in [-0.25, -0.2) is 13.1 Å². The molecular formula is C18H29NO2S. The molecule has 0 amide bonds. The average molecular weight is 324 g/mol. The summed E-state index contributed by atoms with van der Waals surface area (Å²) in [5, 5.41) is -0.378. The van der Waals surface area contributed by atoms with E-state index < -0.39 is 10.0 Å². The summed E-state index contributed by atoms with van der Waals surface area (Å²) < 4.78 is 27.2. The number of benzene rings is 1. The van der Waals surface area contributed by atoms with Crippen LogP contribution in [-0.4, -0.2) is 19.7 Å². The van der Waals surface area contributed by atoms with Gasteiger partial charge in [-0.05, 0) is 43.2 Å². The molecule has 0 spiro atoms. The molecule has 0 bridgehead atoms. The predicted octanol–water partition coefficient (Wildman–Crippen LogP) is 3.95. The molecule has 0 aliphatic heterocycles. The minimum atomic E-state index is -3.20. The summed E-state index contributed by atoms with van der Waals surface area (Å²) >= 11 is 0. The molecule has 1 N–H and O–H groups in total. The fourth-order valence-corrected chi connectivity index (χ4v) is 4.05. The van der Waals surface area contributed by atoms with Crippen molar-refractivity contribution in [2.75, 3.05) is 0 Å². The lowest BCUT2D eigenvalue weighted by atomic mass is 9.85. The van der Waals surface area contributed by atoms with Crippen LogP contribution in [0.4, 0.5) is 0 Å². The minimum Gasteiger partial charge on any atom is -0.212 e. The number of nitrogens with one attached hydrogen (secondary N) is 1. The van der Waals surface area contributed by atoms with Crippen LogP contribution in [0.15, 0.2) is 24.3 Å². The van der Waals surface area contributed by atoms with E-state index in [1.54, 1.807) is 13.8 Å². The van der Waals surface area contributed by atoms with Crippen molar-refractivity contribution in [2.24, 2.45) is 0 Å². The molecule has 1 aliphatic rings. The molecule has 3 nitrogen and oxygen atoms in total. The van der Waals surface area contributed by atoms with Crippen molar-refractivity contribution in [3.63, 3.8) is 0 Å². The first-order valence-electron chi connectivity index (χ1n) is 8.23. The Labute approximate surface area is 135 Å². The molecule has 124 valence electrons. The first kappa shape index (κ1) is 17.5. The second-order valence-electron chi connectivity index (χ2n) is 7.73. The van der Waals surface area contributed by atoms with Crippen molar-refractivity contribution in [1.29, 1.82) is 0 Å². The Bertz CT molecular complexity index is 597. The van der Waals surface area contributed by atoms with Gasteiger partial charge < -0.3 is 0 Å². The molecule has 0 radical (unpaired) electrons. The van der Waals surface area contributed by atoms with E-state index in [-0.39, 0.29) is 16.7 Å². The molecule has 1 aromatic carbocycles. The number of sulfonamides is 1. The summed E-state index contributed by atoms with van der Waals surface area (Å²) in [5.74, 6) is 0.294. The summed E-state index contributed by atoms with van der Waals surface area (Å²) in [6.45, 7) is 10.1. The third-order valence-corrected chi connectivity index (χ3v) is 6.53. The van der Waals surface area contributed by atoms with Gasteiger partial charge in [0.2, 0.25) is 10.0 Å². The van der Waals surface area contributed by atoms with Crippen LogP contribution < -0.4 is 4.72 Å². The van der Waals surface area contributed by atoms with Crippen LogP contribution in [0.25, 0.3) is 0 Å². The highest BCUT2D eigenvalue weighted by molar-refractivity contribution is 7.90. The SMILES string of the molecule is CC(C)S(=O)(=O)N[C@H]1CCCC1c1ccc(C(C)(C)C)cc1. The molecule has 4 heteroatoms. The van der Waals surface area contributed by atoms with Crippen molar-refractivity contribution in [3.05, 3.63) is 35.4 Å². The third kappa shape index (κ3) is 3.90. The smallest absolute Gasteiger partial charge is 0.212 e. The Morgan fingerprint density at radius 3 is 2.18 bits per heavy atom. The second-order valence-corrected chi connectivity index (χ2v) is 10.00. The highest BCUT2D eigenvalue weighted by Gasteiger charge is 2.32. The van der Waals surface area contributed by atoms with Gasteiger partial charge in [-0.1, -0.05) is 51.5 Å². The van der Waals surface area contributed by atoms with Crippen LogP contribution in [0.2, 0.25) is 0 Å². The fraction of sp³-hybridized carbons (Fsp3) is 0.667. The Morgan fingerprint density at radius 2 is 1.68 bits per heavy atom. The van der Waals surface area contributed by atoms with Crippen LogP contribution in [0.5, 0.6) is 0 Å². The molecule has 0 heterocycles. The largest absolute Gasteiger partial charge is 0.214 e. The molecule has 0 aromatic heterocycles. The third-order valence-electron chi connectivity index (χ3n) is 4.66. The lowest BCUT2D eigenvalue weighted by Crippen LogP contribution is -2.40. The van der Waals surface area contributed by atoms with E-state index in [9.17, 15) is 8.42 Å². The van der Waals surface area contributed by atoms with E-state index in [2.05, 4.69) is 49.8 Å². The van der Waals surface area contributed by atoms with Gasteiger partial charge in [0.1, 0.15) is 0 Å². The van der Waals surface area contributed by atoms with Crippen LogP contribution in [0, 0.1) is 0 Å². The van der Waals surface area contributed by atoms with Crippen LogP contribution >= 0.6 is 0 Å². The van der Waals surface area contributed by atoms with Gasteiger partial charge in [0, 0.05) is 12.0 Å². The lowest BCUT2D eigenvalue weighted by Gasteiger charge is -2.24. The topological polar surface area (TPSA) is 46.2 Å². The Hall–Kier alpha value is -0.870. The highest BCUT2D eigenvalue weighted by Crippen LogP contribution is 2.36. The summed E-state index contributed by atoms with van der Waals surface area (Å²) in [6, 6.07) is 8.75. The molecule has 22 heavy (non-hydrogen) atoms. The van der Waals surface area contributed by atoms with Gasteiger partial charge in [0.25, 0.3) is 0 Å². The van der Waals surface area contributed by atoms with Crippen molar-refractivity contribution in [1.82, 2.24) is 4.72 Å². The first-order chi connectivity index (χ1) is 10.1. The normalized spacial score (nSPS) is 23.2. The van der Waals surface area contributed by atoms with E-state index in [0.717, 1.165) is 19.3 Å². The molecule has 2 rings (SSSR count). The zero-order valence-electron chi connectivity index (χ0n) is 14.4. The molecule has 1 saturated carbocycles. The van der Waals surface area contributed by atoms with Gasteiger partial charge in [0.15, 0.2) is 0 Å². The Balaban J connectivity index is 2.17. The average Bonchev–Trinajstić information content (AvgIpc) is 2.85. The number of hydrogen-bond donors (Lipinski definition) is 1. The first-order valence-corrected chi connectivity index (χ1v) is 9.77. The van der Waals surface area contributed by atoms with E-state index in [1.165, 1.54) is 11.1 Å². The lowest BCUT2D eigenvalue weighted by molar-refractivity contribution is 0.519. The number of rotatable bonds is 4. The highest BCUT2D eigenvalue weighted by atomic mass is 32.2. The summed E-state index contributed by atoms with van der Waals surface area (Å²) in [6.07, 6.45) is 3.06. The molecule has 0 saturated heterocycles. The predicted molar refractivity (Wildman–Crippen MR) is 92.7 cm³/mol. The van der Waals surface area contributed by atoms with Crippen LogP contribution in [0.1, 0.15) is 70.9 Å². The number of hydrogen-bond acceptors (Lipinski definition) is 2. The standard InChI is InChI=1S/C18H29NO2S/c1-13(2)22(20,21)19-17-8-6-7-16(17)14-9-11-15(12-10-14)18(3,4)5/h9-13,16-17,19H,6-8H2,1-5H3/t16?,17-/m0/s1. The Morgan fingerprint density at radius 1 is 1.09 bits per heavy atom. The molecular weight excluding hydrogens is 294 g/mol. The maximum atomic E-state index is 12.1. The quantitative estimate of drug-likeness (QED) is 0.912. The zero-order chi connectivity index (χ0) is 16.5. The van der Waals surface area contributed by atoms with E-state index >= 15 is 0 Å². The Kier molecular flexibility index (Phi) is 5.03. The molecule has 1 fully saturated rings. The molecule has 2 atom stereocenters. The molecule has 1 aromatic rings. The summed E-state index contributed by atoms with van der Waals surface area (Å²) in [4.78, 5) is 0. The zero-order valence-corrected chi connectivity index (χ0v) is 15.2. The maximum absolute atomic E-state index is 12.1. The molecule has 1 aliphatic carbocycles. The van der Waals surface area contributed by atoms with Gasteiger partial charge in [-0.3, -0.25) is 0 Å². The monoisotopic (exact) mass is 323 g/mol.